The van der Waals surface area contributed by atoms with Crippen molar-refractivity contribution < 1.29 is 19.1 Å². The first-order valence-corrected chi connectivity index (χ1v) is 10.8. The minimum atomic E-state index is -0.537. The van der Waals surface area contributed by atoms with E-state index in [1.807, 2.05) is 54.6 Å². The van der Waals surface area contributed by atoms with E-state index in [1.54, 1.807) is 7.11 Å². The number of H-pyrrole nitrogens is 1. The molecule has 3 rings (SSSR count). The first kappa shape index (κ1) is 23.1. The highest BCUT2D eigenvalue weighted by atomic mass is 16.5. The van der Waals surface area contributed by atoms with Gasteiger partial charge in [0, 0.05) is 18.4 Å². The number of carbonyl (C=O) groups is 2. The summed E-state index contributed by atoms with van der Waals surface area (Å²) in [6.45, 7) is 2.40. The van der Waals surface area contributed by atoms with Crippen molar-refractivity contribution >= 4 is 11.9 Å². The molecule has 0 unspecified atom stereocenters. The number of aromatic nitrogens is 2. The number of ether oxygens (including phenoxy) is 2. The number of hydrogen-bond donors (Lipinski definition) is 2. The van der Waals surface area contributed by atoms with Gasteiger partial charge in [0.15, 0.2) is 0 Å². The maximum Gasteiger partial charge on any atom is 0.407 e. The summed E-state index contributed by atoms with van der Waals surface area (Å²) in [4.78, 5) is 32.4. The van der Waals surface area contributed by atoms with Crippen LogP contribution in [0.25, 0.3) is 11.3 Å². The molecule has 1 heterocycles. The van der Waals surface area contributed by atoms with E-state index >= 15 is 0 Å². The molecule has 0 atom stereocenters. The summed E-state index contributed by atoms with van der Waals surface area (Å²) in [6, 6.07) is 17.0. The van der Waals surface area contributed by atoms with Gasteiger partial charge >= 0.3 is 6.09 Å². The zero-order chi connectivity index (χ0) is 22.8. The largest absolute Gasteiger partial charge is 0.496 e. The number of imidazole rings is 1. The number of unbranched alkanes of at least 4 members (excludes halogenated alkanes) is 1. The van der Waals surface area contributed by atoms with Gasteiger partial charge in [-0.1, -0.05) is 55.8 Å². The van der Waals surface area contributed by atoms with E-state index in [0.717, 1.165) is 24.0 Å². The highest BCUT2D eigenvalue weighted by Gasteiger charge is 2.18. The number of ketones is 1. The Morgan fingerprint density at radius 3 is 2.56 bits per heavy atom. The summed E-state index contributed by atoms with van der Waals surface area (Å²) < 4.78 is 10.7. The maximum atomic E-state index is 12.4. The molecule has 0 fully saturated rings. The molecule has 0 aliphatic carbocycles. The van der Waals surface area contributed by atoms with Crippen molar-refractivity contribution in [2.24, 2.45) is 0 Å². The fourth-order valence-corrected chi connectivity index (χ4v) is 3.33. The van der Waals surface area contributed by atoms with Crippen LogP contribution in [0, 0.1) is 0 Å². The zero-order valence-electron chi connectivity index (χ0n) is 18.5. The van der Waals surface area contributed by atoms with Crippen LogP contribution in [0.5, 0.6) is 5.75 Å². The number of aromatic amines is 1. The van der Waals surface area contributed by atoms with Crippen molar-refractivity contribution in [3.8, 4) is 17.0 Å². The minimum absolute atomic E-state index is 0.147. The van der Waals surface area contributed by atoms with Gasteiger partial charge in [0.05, 0.1) is 25.0 Å². The van der Waals surface area contributed by atoms with E-state index in [2.05, 4.69) is 22.2 Å². The predicted molar refractivity (Wildman–Crippen MR) is 122 cm³/mol. The van der Waals surface area contributed by atoms with Gasteiger partial charge in [-0.2, -0.15) is 0 Å². The summed E-state index contributed by atoms with van der Waals surface area (Å²) in [7, 11) is 1.60. The van der Waals surface area contributed by atoms with Gasteiger partial charge in [-0.3, -0.25) is 4.79 Å². The average molecular weight is 436 g/mol. The number of para-hydroxylation sites is 1. The molecular weight excluding hydrogens is 406 g/mol. The fourth-order valence-electron chi connectivity index (χ4n) is 3.33. The van der Waals surface area contributed by atoms with Crippen LogP contribution in [-0.4, -0.2) is 29.0 Å². The van der Waals surface area contributed by atoms with Crippen LogP contribution in [0.1, 0.15) is 43.3 Å². The number of carbonyl (C=O) groups excluding carboxylic acids is 2. The van der Waals surface area contributed by atoms with Crippen molar-refractivity contribution in [3.63, 3.8) is 0 Å². The van der Waals surface area contributed by atoms with Crippen molar-refractivity contribution in [2.75, 3.05) is 7.11 Å². The molecule has 1 aromatic heterocycles. The Hall–Kier alpha value is -3.61. The summed E-state index contributed by atoms with van der Waals surface area (Å²) in [6.07, 6.45) is 2.07. The summed E-state index contributed by atoms with van der Waals surface area (Å²) >= 11 is 0. The fraction of sp³-hybridized carbons (Fsp3) is 0.320. The third kappa shape index (κ3) is 6.44. The molecule has 2 aromatic carbocycles. The zero-order valence-corrected chi connectivity index (χ0v) is 18.5. The highest BCUT2D eigenvalue weighted by molar-refractivity contribution is 5.83. The smallest absolute Gasteiger partial charge is 0.407 e. The molecule has 0 aliphatic heterocycles. The topological polar surface area (TPSA) is 93.3 Å². The lowest BCUT2D eigenvalue weighted by molar-refractivity contribution is -0.118. The number of nitrogens with one attached hydrogen (secondary N) is 2. The molecule has 0 aliphatic rings. The van der Waals surface area contributed by atoms with Gasteiger partial charge in [-0.25, -0.2) is 9.78 Å². The lowest BCUT2D eigenvalue weighted by Crippen LogP contribution is -2.24. The molecule has 0 spiro atoms. The number of methoxy groups -OCH3 is 1. The van der Waals surface area contributed by atoms with E-state index in [0.29, 0.717) is 29.4 Å². The molecule has 168 valence electrons. The van der Waals surface area contributed by atoms with E-state index in [1.165, 1.54) is 0 Å². The Bertz CT molecular complexity index is 1030. The third-order valence-corrected chi connectivity index (χ3v) is 4.99. The monoisotopic (exact) mass is 435 g/mol. The third-order valence-electron chi connectivity index (χ3n) is 4.99. The van der Waals surface area contributed by atoms with Crippen LogP contribution in [0.2, 0.25) is 0 Å². The second-order valence-corrected chi connectivity index (χ2v) is 7.45. The number of amides is 1. The van der Waals surface area contributed by atoms with Crippen LogP contribution >= 0.6 is 0 Å². The molecule has 7 nitrogen and oxygen atoms in total. The first-order valence-electron chi connectivity index (χ1n) is 10.8. The SMILES string of the molecule is CCCCC(=O)Cc1[nH]c(CNC(=O)OCc2ccccc2)nc1-c1ccccc1OC. The number of hydrogen-bond acceptors (Lipinski definition) is 5. The number of rotatable bonds is 11. The normalized spacial score (nSPS) is 10.6. The minimum Gasteiger partial charge on any atom is -0.496 e. The molecule has 7 heteroatoms. The van der Waals surface area contributed by atoms with Gasteiger partial charge < -0.3 is 19.8 Å². The van der Waals surface area contributed by atoms with Gasteiger partial charge in [-0.05, 0) is 24.1 Å². The molecule has 32 heavy (non-hydrogen) atoms. The van der Waals surface area contributed by atoms with Crippen LogP contribution in [0.4, 0.5) is 4.79 Å². The van der Waals surface area contributed by atoms with Gasteiger partial charge in [0.25, 0.3) is 0 Å². The number of nitrogens with zero attached hydrogens (tertiary/aromatic N) is 1. The molecule has 0 saturated carbocycles. The predicted octanol–water partition coefficient (Wildman–Crippen LogP) is 4.81. The molecule has 3 aromatic rings. The summed E-state index contributed by atoms with van der Waals surface area (Å²) in [5, 5.41) is 2.71. The number of benzene rings is 2. The van der Waals surface area contributed by atoms with E-state index in [-0.39, 0.29) is 25.4 Å². The maximum absolute atomic E-state index is 12.4. The lowest BCUT2D eigenvalue weighted by atomic mass is 10.0. The number of alkyl carbamates (subject to hydrolysis) is 1. The molecule has 0 bridgehead atoms. The average Bonchev–Trinajstić information content (AvgIpc) is 3.22. The molecule has 0 radical (unpaired) electrons. The summed E-state index contributed by atoms with van der Waals surface area (Å²) in [5.41, 5.74) is 3.07. The quantitative estimate of drug-likeness (QED) is 0.451. The van der Waals surface area contributed by atoms with E-state index in [4.69, 9.17) is 9.47 Å². The van der Waals surface area contributed by atoms with Gasteiger partial charge in [0.2, 0.25) is 0 Å². The van der Waals surface area contributed by atoms with Gasteiger partial charge in [-0.15, -0.1) is 0 Å². The summed E-state index contributed by atoms with van der Waals surface area (Å²) in [5.74, 6) is 1.36. The molecule has 2 N–H and O–H groups in total. The van der Waals surface area contributed by atoms with Crippen LogP contribution in [-0.2, 0) is 29.1 Å². The number of Topliss-reactive ketones (excluding diaryl/α,β-unsaturated/α-hetero) is 1. The Morgan fingerprint density at radius 1 is 1.06 bits per heavy atom. The lowest BCUT2D eigenvalue weighted by Gasteiger charge is -2.08. The second kappa shape index (κ2) is 11.7. The van der Waals surface area contributed by atoms with Crippen LogP contribution in [0.15, 0.2) is 54.6 Å². The molecule has 1 amide bonds. The van der Waals surface area contributed by atoms with Gasteiger partial charge in [0.1, 0.15) is 24.0 Å². The Morgan fingerprint density at radius 2 is 1.81 bits per heavy atom. The van der Waals surface area contributed by atoms with E-state index < -0.39 is 6.09 Å². The standard InChI is InChI=1S/C25H29N3O4/c1-3-4-12-19(29)15-21-24(20-13-8-9-14-22(20)31-2)28-23(27-21)16-26-25(30)32-17-18-10-6-5-7-11-18/h5-11,13-14H,3-4,12,15-17H2,1-2H3,(H,26,30)(H,27,28). The Labute approximate surface area is 188 Å². The van der Waals surface area contributed by atoms with Crippen molar-refractivity contribution in [1.29, 1.82) is 0 Å². The molecular formula is C25H29N3O4. The van der Waals surface area contributed by atoms with E-state index in [9.17, 15) is 9.59 Å². The van der Waals surface area contributed by atoms with Crippen LogP contribution in [0.3, 0.4) is 0 Å². The second-order valence-electron chi connectivity index (χ2n) is 7.45. The Kier molecular flexibility index (Phi) is 8.43. The van der Waals surface area contributed by atoms with Crippen molar-refractivity contribution in [3.05, 3.63) is 71.7 Å². The van der Waals surface area contributed by atoms with Crippen LogP contribution < -0.4 is 10.1 Å². The van der Waals surface area contributed by atoms with Crippen molar-refractivity contribution in [2.45, 2.75) is 45.8 Å². The first-order chi connectivity index (χ1) is 15.6. The van der Waals surface area contributed by atoms with Crippen molar-refractivity contribution in [1.82, 2.24) is 15.3 Å². The molecule has 0 saturated heterocycles. The Balaban J connectivity index is 1.71. The highest BCUT2D eigenvalue weighted by Crippen LogP contribution is 2.31.